The van der Waals surface area contributed by atoms with Crippen LogP contribution in [0.15, 0.2) is 18.2 Å². The number of carbonyl (C=O) groups is 2. The summed E-state index contributed by atoms with van der Waals surface area (Å²) in [7, 11) is 0. The van der Waals surface area contributed by atoms with Gasteiger partial charge in [0.2, 0.25) is 0 Å². The van der Waals surface area contributed by atoms with Crippen molar-refractivity contribution in [2.75, 3.05) is 13.1 Å². The van der Waals surface area contributed by atoms with Gasteiger partial charge in [0.05, 0.1) is 5.41 Å². The van der Waals surface area contributed by atoms with E-state index >= 15 is 0 Å². The third kappa shape index (κ3) is 3.06. The van der Waals surface area contributed by atoms with Crippen LogP contribution in [-0.2, 0) is 4.79 Å². The van der Waals surface area contributed by atoms with Gasteiger partial charge in [-0.25, -0.2) is 4.39 Å². The van der Waals surface area contributed by atoms with Gasteiger partial charge in [-0.15, -0.1) is 0 Å². The van der Waals surface area contributed by atoms with Gasteiger partial charge >= 0.3 is 5.97 Å². The molecule has 0 aromatic heterocycles. The first-order chi connectivity index (χ1) is 9.88. The molecule has 0 spiro atoms. The predicted octanol–water partition coefficient (Wildman–Crippen LogP) is 2.85. The standard InChI is InChI=1S/C16H20FNO3/c1-3-16(15(20)21)5-4-6-18(10-16)14(19)12-7-11(2)8-13(17)9-12/h7-9H,3-6,10H2,1-2H3,(H,20,21). The third-order valence-electron chi connectivity index (χ3n) is 4.28. The van der Waals surface area contributed by atoms with Crippen molar-refractivity contribution in [3.8, 4) is 0 Å². The molecule has 5 heteroatoms. The smallest absolute Gasteiger partial charge is 0.311 e. The van der Waals surface area contributed by atoms with Crippen LogP contribution in [0.2, 0.25) is 0 Å². The van der Waals surface area contributed by atoms with E-state index in [1.165, 1.54) is 17.0 Å². The number of nitrogens with zero attached hydrogens (tertiary/aromatic N) is 1. The fourth-order valence-corrected chi connectivity index (χ4v) is 2.96. The molecule has 0 aliphatic carbocycles. The number of hydrogen-bond donors (Lipinski definition) is 1. The zero-order chi connectivity index (χ0) is 15.6. The molecule has 1 aromatic rings. The predicted molar refractivity (Wildman–Crippen MR) is 76.6 cm³/mol. The number of aliphatic carboxylic acids is 1. The summed E-state index contributed by atoms with van der Waals surface area (Å²) in [6, 6.07) is 4.20. The highest BCUT2D eigenvalue weighted by Gasteiger charge is 2.42. The highest BCUT2D eigenvalue weighted by molar-refractivity contribution is 5.95. The number of carboxylic acids is 1. The Labute approximate surface area is 123 Å². The average Bonchev–Trinajstić information content (AvgIpc) is 2.45. The first kappa shape index (κ1) is 15.5. The van der Waals surface area contributed by atoms with Crippen molar-refractivity contribution in [1.82, 2.24) is 4.90 Å². The lowest BCUT2D eigenvalue weighted by Crippen LogP contribution is -2.49. The fraction of sp³-hybridized carbons (Fsp3) is 0.500. The van der Waals surface area contributed by atoms with E-state index in [0.29, 0.717) is 31.4 Å². The van der Waals surface area contributed by atoms with Crippen molar-refractivity contribution in [2.45, 2.75) is 33.1 Å². The Morgan fingerprint density at radius 3 is 2.67 bits per heavy atom. The van der Waals surface area contributed by atoms with Crippen LogP contribution in [0.1, 0.15) is 42.1 Å². The highest BCUT2D eigenvalue weighted by atomic mass is 19.1. The molecule has 1 unspecified atom stereocenters. The van der Waals surface area contributed by atoms with Crippen LogP contribution in [0, 0.1) is 18.2 Å². The second-order valence-corrected chi connectivity index (χ2v) is 5.79. The molecule has 1 aliphatic heterocycles. The fourth-order valence-electron chi connectivity index (χ4n) is 2.96. The van der Waals surface area contributed by atoms with Gasteiger partial charge in [0.15, 0.2) is 0 Å². The van der Waals surface area contributed by atoms with E-state index in [1.807, 2.05) is 6.92 Å². The number of halogens is 1. The first-order valence-electron chi connectivity index (χ1n) is 7.18. The number of rotatable bonds is 3. The minimum atomic E-state index is -0.879. The molecule has 1 saturated heterocycles. The van der Waals surface area contributed by atoms with Crippen LogP contribution in [0.5, 0.6) is 0 Å². The van der Waals surface area contributed by atoms with Crippen molar-refractivity contribution in [3.63, 3.8) is 0 Å². The van der Waals surface area contributed by atoms with E-state index in [9.17, 15) is 19.1 Å². The lowest BCUT2D eigenvalue weighted by Gasteiger charge is -2.39. The van der Waals surface area contributed by atoms with Crippen molar-refractivity contribution >= 4 is 11.9 Å². The maximum absolute atomic E-state index is 13.4. The number of piperidine rings is 1. The first-order valence-corrected chi connectivity index (χ1v) is 7.18. The monoisotopic (exact) mass is 293 g/mol. The SMILES string of the molecule is CCC1(C(=O)O)CCCN(C(=O)c2cc(C)cc(F)c2)C1. The number of likely N-dealkylation sites (tertiary alicyclic amines) is 1. The van der Waals surface area contributed by atoms with Crippen LogP contribution < -0.4 is 0 Å². The van der Waals surface area contributed by atoms with Gasteiger partial charge in [0, 0.05) is 18.7 Å². The highest BCUT2D eigenvalue weighted by Crippen LogP contribution is 2.34. The summed E-state index contributed by atoms with van der Waals surface area (Å²) in [6.45, 7) is 4.26. The van der Waals surface area contributed by atoms with E-state index in [4.69, 9.17) is 0 Å². The number of carboxylic acid groups (broad SMARTS) is 1. The molecule has 1 N–H and O–H groups in total. The Balaban J connectivity index is 2.25. The Hall–Kier alpha value is -1.91. The number of amides is 1. The quantitative estimate of drug-likeness (QED) is 0.932. The molecule has 4 nitrogen and oxygen atoms in total. The Morgan fingerprint density at radius 1 is 1.38 bits per heavy atom. The minimum Gasteiger partial charge on any atom is -0.481 e. The van der Waals surface area contributed by atoms with Crippen molar-refractivity contribution in [2.24, 2.45) is 5.41 Å². The van der Waals surface area contributed by atoms with Gasteiger partial charge in [-0.1, -0.05) is 6.92 Å². The van der Waals surface area contributed by atoms with Crippen molar-refractivity contribution < 1.29 is 19.1 Å². The van der Waals surface area contributed by atoms with Crippen molar-refractivity contribution in [3.05, 3.63) is 35.1 Å². The molecule has 0 saturated carbocycles. The molecule has 21 heavy (non-hydrogen) atoms. The Kier molecular flexibility index (Phi) is 4.30. The molecule has 114 valence electrons. The molecule has 1 heterocycles. The summed E-state index contributed by atoms with van der Waals surface area (Å²) in [5.41, 5.74) is 0.0798. The van der Waals surface area contributed by atoms with Crippen LogP contribution in [0.3, 0.4) is 0 Å². The van der Waals surface area contributed by atoms with E-state index in [0.717, 1.165) is 0 Å². The molecule has 1 amide bonds. The Bertz CT molecular complexity index is 552. The lowest BCUT2D eigenvalue weighted by atomic mass is 9.77. The molecule has 1 aliphatic rings. The second-order valence-electron chi connectivity index (χ2n) is 5.79. The average molecular weight is 293 g/mol. The van der Waals surface area contributed by atoms with Crippen LogP contribution in [-0.4, -0.2) is 35.0 Å². The van der Waals surface area contributed by atoms with E-state index < -0.39 is 17.2 Å². The summed E-state index contributed by atoms with van der Waals surface area (Å²) in [5.74, 6) is -1.61. The Morgan fingerprint density at radius 2 is 2.10 bits per heavy atom. The second kappa shape index (κ2) is 5.84. The molecule has 1 fully saturated rings. The molecule has 1 aromatic carbocycles. The van der Waals surface area contributed by atoms with Gasteiger partial charge in [-0.3, -0.25) is 9.59 Å². The van der Waals surface area contributed by atoms with Crippen LogP contribution in [0.4, 0.5) is 4.39 Å². The summed E-state index contributed by atoms with van der Waals surface area (Å²) in [5, 5.41) is 9.45. The maximum Gasteiger partial charge on any atom is 0.311 e. The van der Waals surface area contributed by atoms with Crippen molar-refractivity contribution in [1.29, 1.82) is 0 Å². The van der Waals surface area contributed by atoms with Gasteiger partial charge in [0.1, 0.15) is 5.82 Å². The molecule has 0 bridgehead atoms. The van der Waals surface area contributed by atoms with Gasteiger partial charge in [0.25, 0.3) is 5.91 Å². The van der Waals surface area contributed by atoms with E-state index in [-0.39, 0.29) is 18.0 Å². The molecule has 2 rings (SSSR count). The third-order valence-corrected chi connectivity index (χ3v) is 4.28. The van der Waals surface area contributed by atoms with E-state index in [1.54, 1.807) is 13.0 Å². The van der Waals surface area contributed by atoms with Gasteiger partial charge < -0.3 is 10.0 Å². The number of carbonyl (C=O) groups excluding carboxylic acids is 1. The zero-order valence-corrected chi connectivity index (χ0v) is 12.4. The number of aryl methyl sites for hydroxylation is 1. The lowest BCUT2D eigenvalue weighted by molar-refractivity contribution is -0.152. The summed E-state index contributed by atoms with van der Waals surface area (Å²) in [6.07, 6.45) is 1.71. The molecule has 1 atom stereocenters. The van der Waals surface area contributed by atoms with E-state index in [2.05, 4.69) is 0 Å². The topological polar surface area (TPSA) is 57.6 Å². The largest absolute Gasteiger partial charge is 0.481 e. The minimum absolute atomic E-state index is 0.188. The van der Waals surface area contributed by atoms with Gasteiger partial charge in [-0.05, 0) is 49.9 Å². The summed E-state index contributed by atoms with van der Waals surface area (Å²) in [4.78, 5) is 25.6. The number of hydrogen-bond acceptors (Lipinski definition) is 2. The zero-order valence-electron chi connectivity index (χ0n) is 12.4. The molecule has 0 radical (unpaired) electrons. The van der Waals surface area contributed by atoms with Crippen LogP contribution >= 0.6 is 0 Å². The molecular formula is C16H20FNO3. The molecular weight excluding hydrogens is 273 g/mol. The van der Waals surface area contributed by atoms with Gasteiger partial charge in [-0.2, -0.15) is 0 Å². The summed E-state index contributed by atoms with van der Waals surface area (Å²) < 4.78 is 13.4. The summed E-state index contributed by atoms with van der Waals surface area (Å²) >= 11 is 0. The normalized spacial score (nSPS) is 22.1. The number of benzene rings is 1. The maximum atomic E-state index is 13.4. The van der Waals surface area contributed by atoms with Crippen LogP contribution in [0.25, 0.3) is 0 Å².